The molecule has 0 aliphatic carbocycles. The highest BCUT2D eigenvalue weighted by Gasteiger charge is 2.12. The SMILES string of the molecule is CC(Nc1nc2ccc(C(=O)O)cc2o1)c1cccs1. The first-order valence-electron chi connectivity index (χ1n) is 6.07. The third-order valence-electron chi connectivity index (χ3n) is 2.95. The molecular formula is C14H12N2O3S. The summed E-state index contributed by atoms with van der Waals surface area (Å²) < 4.78 is 5.55. The Hall–Kier alpha value is -2.34. The largest absolute Gasteiger partial charge is 0.478 e. The minimum atomic E-state index is -0.982. The number of nitrogens with zero attached hydrogens (tertiary/aromatic N) is 1. The number of anilines is 1. The quantitative estimate of drug-likeness (QED) is 0.764. The number of nitrogens with one attached hydrogen (secondary N) is 1. The molecule has 3 aromatic rings. The van der Waals surface area contributed by atoms with Crippen molar-refractivity contribution in [2.75, 3.05) is 5.32 Å². The zero-order valence-corrected chi connectivity index (χ0v) is 11.5. The summed E-state index contributed by atoms with van der Waals surface area (Å²) in [4.78, 5) is 16.4. The molecule has 0 bridgehead atoms. The number of carboxylic acid groups (broad SMARTS) is 1. The van der Waals surface area contributed by atoms with Crippen molar-refractivity contribution in [3.63, 3.8) is 0 Å². The Labute approximate surface area is 118 Å². The van der Waals surface area contributed by atoms with Crippen molar-refractivity contribution < 1.29 is 14.3 Å². The fourth-order valence-corrected chi connectivity index (χ4v) is 2.65. The smallest absolute Gasteiger partial charge is 0.335 e. The Kier molecular flexibility index (Phi) is 3.15. The lowest BCUT2D eigenvalue weighted by Gasteiger charge is -2.08. The van der Waals surface area contributed by atoms with E-state index in [1.807, 2.05) is 24.4 Å². The van der Waals surface area contributed by atoms with E-state index in [1.165, 1.54) is 17.0 Å². The molecule has 0 fully saturated rings. The lowest BCUT2D eigenvalue weighted by molar-refractivity contribution is 0.0697. The van der Waals surface area contributed by atoms with Gasteiger partial charge in [0, 0.05) is 4.88 Å². The third-order valence-corrected chi connectivity index (χ3v) is 4.00. The lowest BCUT2D eigenvalue weighted by Crippen LogP contribution is -2.04. The zero-order valence-electron chi connectivity index (χ0n) is 10.7. The van der Waals surface area contributed by atoms with Gasteiger partial charge in [0.1, 0.15) is 5.52 Å². The Morgan fingerprint density at radius 1 is 1.45 bits per heavy atom. The molecule has 0 aliphatic rings. The van der Waals surface area contributed by atoms with E-state index < -0.39 is 5.97 Å². The van der Waals surface area contributed by atoms with Gasteiger partial charge in [-0.15, -0.1) is 11.3 Å². The van der Waals surface area contributed by atoms with Crippen molar-refractivity contribution >= 4 is 34.4 Å². The number of aromatic nitrogens is 1. The van der Waals surface area contributed by atoms with Crippen LogP contribution >= 0.6 is 11.3 Å². The van der Waals surface area contributed by atoms with Crippen molar-refractivity contribution in [1.29, 1.82) is 0 Å². The van der Waals surface area contributed by atoms with E-state index in [0.29, 0.717) is 17.1 Å². The number of hydrogen-bond acceptors (Lipinski definition) is 5. The maximum Gasteiger partial charge on any atom is 0.335 e. The van der Waals surface area contributed by atoms with E-state index in [0.717, 1.165) is 0 Å². The topological polar surface area (TPSA) is 75.4 Å². The van der Waals surface area contributed by atoms with E-state index in [2.05, 4.69) is 10.3 Å². The predicted octanol–water partition coefficient (Wildman–Crippen LogP) is 3.76. The fourth-order valence-electron chi connectivity index (χ4n) is 1.91. The van der Waals surface area contributed by atoms with Gasteiger partial charge < -0.3 is 14.8 Å². The average molecular weight is 288 g/mol. The highest BCUT2D eigenvalue weighted by molar-refractivity contribution is 7.10. The minimum Gasteiger partial charge on any atom is -0.478 e. The molecule has 1 aromatic carbocycles. The molecule has 0 spiro atoms. The number of hydrogen-bond donors (Lipinski definition) is 2. The molecule has 1 unspecified atom stereocenters. The summed E-state index contributed by atoms with van der Waals surface area (Å²) in [5, 5.41) is 14.1. The second-order valence-electron chi connectivity index (χ2n) is 4.39. The molecule has 0 saturated carbocycles. The number of aromatic carboxylic acids is 1. The maximum atomic E-state index is 10.9. The fraction of sp³-hybridized carbons (Fsp3) is 0.143. The molecule has 0 aliphatic heterocycles. The van der Waals surface area contributed by atoms with Crippen LogP contribution in [0.3, 0.4) is 0 Å². The van der Waals surface area contributed by atoms with Gasteiger partial charge in [-0.25, -0.2) is 4.79 Å². The standard InChI is InChI=1S/C14H12N2O3S/c1-8(12-3-2-6-20-12)15-14-16-10-5-4-9(13(17)18)7-11(10)19-14/h2-8H,1H3,(H,15,16)(H,17,18). The van der Waals surface area contributed by atoms with Crippen molar-refractivity contribution in [3.05, 3.63) is 46.2 Å². The summed E-state index contributed by atoms with van der Waals surface area (Å²) >= 11 is 1.65. The van der Waals surface area contributed by atoms with Gasteiger partial charge in [0.05, 0.1) is 11.6 Å². The number of rotatable bonds is 4. The molecule has 2 heterocycles. The average Bonchev–Trinajstić information content (AvgIpc) is 3.06. The van der Waals surface area contributed by atoms with E-state index in [1.54, 1.807) is 17.4 Å². The van der Waals surface area contributed by atoms with Crippen LogP contribution in [-0.4, -0.2) is 16.1 Å². The van der Waals surface area contributed by atoms with Crippen molar-refractivity contribution in [2.45, 2.75) is 13.0 Å². The van der Waals surface area contributed by atoms with Crippen LogP contribution in [-0.2, 0) is 0 Å². The van der Waals surface area contributed by atoms with E-state index in [4.69, 9.17) is 9.52 Å². The van der Waals surface area contributed by atoms with Crippen LogP contribution in [0.15, 0.2) is 40.1 Å². The lowest BCUT2D eigenvalue weighted by atomic mass is 10.2. The van der Waals surface area contributed by atoms with Gasteiger partial charge in [-0.05, 0) is 36.6 Å². The molecule has 1 atom stereocenters. The zero-order chi connectivity index (χ0) is 14.1. The van der Waals surface area contributed by atoms with Crippen LogP contribution < -0.4 is 5.32 Å². The Balaban J connectivity index is 1.87. The van der Waals surface area contributed by atoms with Crippen LogP contribution in [0.5, 0.6) is 0 Å². The predicted molar refractivity (Wildman–Crippen MR) is 77.3 cm³/mol. The Morgan fingerprint density at radius 3 is 3.00 bits per heavy atom. The molecule has 102 valence electrons. The van der Waals surface area contributed by atoms with Gasteiger partial charge >= 0.3 is 5.97 Å². The number of carboxylic acids is 1. The molecule has 2 N–H and O–H groups in total. The normalized spacial score (nSPS) is 12.4. The summed E-state index contributed by atoms with van der Waals surface area (Å²) in [6.45, 7) is 2.02. The molecular weight excluding hydrogens is 276 g/mol. The van der Waals surface area contributed by atoms with Gasteiger partial charge in [0.2, 0.25) is 0 Å². The first-order chi connectivity index (χ1) is 9.63. The van der Waals surface area contributed by atoms with Gasteiger partial charge in [-0.1, -0.05) is 6.07 Å². The Bertz CT molecular complexity index is 749. The van der Waals surface area contributed by atoms with Gasteiger partial charge in [0.25, 0.3) is 6.01 Å². The van der Waals surface area contributed by atoms with E-state index in [9.17, 15) is 4.79 Å². The van der Waals surface area contributed by atoms with Crippen molar-refractivity contribution in [2.24, 2.45) is 0 Å². The monoisotopic (exact) mass is 288 g/mol. The van der Waals surface area contributed by atoms with Crippen LogP contribution in [0, 0.1) is 0 Å². The van der Waals surface area contributed by atoms with Crippen molar-refractivity contribution in [3.8, 4) is 0 Å². The maximum absolute atomic E-state index is 10.9. The molecule has 0 amide bonds. The summed E-state index contributed by atoms with van der Waals surface area (Å²) in [5.41, 5.74) is 1.29. The van der Waals surface area contributed by atoms with Crippen molar-refractivity contribution in [1.82, 2.24) is 4.98 Å². The molecule has 3 rings (SSSR count). The second-order valence-corrected chi connectivity index (χ2v) is 5.37. The number of carbonyl (C=O) groups is 1. The van der Waals surface area contributed by atoms with Gasteiger partial charge in [0.15, 0.2) is 5.58 Å². The molecule has 6 heteroatoms. The first kappa shape index (κ1) is 12.7. The van der Waals surface area contributed by atoms with Crippen LogP contribution in [0.4, 0.5) is 6.01 Å². The first-order valence-corrected chi connectivity index (χ1v) is 6.95. The highest BCUT2D eigenvalue weighted by Crippen LogP contribution is 2.25. The van der Waals surface area contributed by atoms with E-state index in [-0.39, 0.29) is 11.6 Å². The van der Waals surface area contributed by atoms with Gasteiger partial charge in [-0.2, -0.15) is 4.98 Å². The molecule has 0 radical (unpaired) electrons. The Morgan fingerprint density at radius 2 is 2.30 bits per heavy atom. The molecule has 20 heavy (non-hydrogen) atoms. The third kappa shape index (κ3) is 2.37. The summed E-state index contributed by atoms with van der Waals surface area (Å²) in [6.07, 6.45) is 0. The highest BCUT2D eigenvalue weighted by atomic mass is 32.1. The summed E-state index contributed by atoms with van der Waals surface area (Å²) in [7, 11) is 0. The summed E-state index contributed by atoms with van der Waals surface area (Å²) in [6, 6.07) is 9.14. The number of fused-ring (bicyclic) bond motifs is 1. The van der Waals surface area contributed by atoms with Crippen LogP contribution in [0.25, 0.3) is 11.1 Å². The number of oxazole rings is 1. The van der Waals surface area contributed by atoms with Crippen LogP contribution in [0.1, 0.15) is 28.2 Å². The molecule has 5 nitrogen and oxygen atoms in total. The summed E-state index contributed by atoms with van der Waals surface area (Å²) in [5.74, 6) is -0.982. The van der Waals surface area contributed by atoms with Crippen LogP contribution in [0.2, 0.25) is 0 Å². The number of benzene rings is 1. The molecule has 0 saturated heterocycles. The van der Waals surface area contributed by atoms with E-state index >= 15 is 0 Å². The van der Waals surface area contributed by atoms with Gasteiger partial charge in [-0.3, -0.25) is 0 Å². The molecule has 2 aromatic heterocycles. The second kappa shape index (κ2) is 4.97. The minimum absolute atomic E-state index is 0.0852. The number of thiophene rings is 1.